The van der Waals surface area contributed by atoms with Gasteiger partial charge in [0, 0.05) is 0 Å². The Hall–Kier alpha value is -2.11. The summed E-state index contributed by atoms with van der Waals surface area (Å²) in [4.78, 5) is 11.4. The van der Waals surface area contributed by atoms with Crippen molar-refractivity contribution >= 4 is 11.6 Å². The van der Waals surface area contributed by atoms with E-state index in [-0.39, 0.29) is 11.3 Å². The van der Waals surface area contributed by atoms with Gasteiger partial charge in [0.1, 0.15) is 25.6 Å². The van der Waals surface area contributed by atoms with Gasteiger partial charge in [-0.25, -0.2) is 4.39 Å². The number of benzene rings is 1. The molecule has 2 N–H and O–H groups in total. The maximum absolute atomic E-state index is 13.1. The molecule has 1 aromatic rings. The van der Waals surface area contributed by atoms with E-state index in [1.807, 2.05) is 0 Å². The molecule has 21 heavy (non-hydrogen) atoms. The van der Waals surface area contributed by atoms with Crippen molar-refractivity contribution in [3.63, 3.8) is 0 Å². The van der Waals surface area contributed by atoms with Crippen LogP contribution < -0.4 is 5.32 Å². The van der Waals surface area contributed by atoms with Crippen LogP contribution in [0.4, 0.5) is 23.2 Å². The molecule has 0 unspecified atom stereocenters. The second kappa shape index (κ2) is 7.61. The minimum absolute atomic E-state index is 0.0909. The average Bonchev–Trinajstić information content (AvgIpc) is 2.37. The van der Waals surface area contributed by atoms with Crippen molar-refractivity contribution in [3.05, 3.63) is 29.6 Å². The molecule has 1 rings (SSSR count). The van der Waals surface area contributed by atoms with E-state index in [9.17, 15) is 22.4 Å². The zero-order valence-electron chi connectivity index (χ0n) is 10.6. The van der Waals surface area contributed by atoms with Crippen LogP contribution in [-0.2, 0) is 9.53 Å². The number of aliphatic hydroxyl groups is 1. The summed E-state index contributed by atoms with van der Waals surface area (Å²) >= 11 is 0. The Balaban J connectivity index is 2.67. The number of alkyl halides is 3. The molecule has 0 spiro atoms. The highest BCUT2D eigenvalue weighted by molar-refractivity contribution is 5.93. The molecule has 0 aromatic heterocycles. The van der Waals surface area contributed by atoms with Crippen molar-refractivity contribution in [3.8, 4) is 11.8 Å². The minimum Gasteiger partial charge on any atom is -0.384 e. The quantitative estimate of drug-likeness (QED) is 0.657. The number of aliphatic hydroxyl groups excluding tert-OH is 1. The topological polar surface area (TPSA) is 58.6 Å². The van der Waals surface area contributed by atoms with E-state index in [0.29, 0.717) is 0 Å². The molecule has 0 radical (unpaired) electrons. The Morgan fingerprint density at radius 2 is 2.10 bits per heavy atom. The molecule has 4 nitrogen and oxygen atoms in total. The van der Waals surface area contributed by atoms with Crippen LogP contribution in [0.2, 0.25) is 0 Å². The van der Waals surface area contributed by atoms with Crippen LogP contribution in [-0.4, -0.2) is 37.0 Å². The highest BCUT2D eigenvalue weighted by Crippen LogP contribution is 2.17. The number of anilines is 1. The van der Waals surface area contributed by atoms with E-state index in [2.05, 4.69) is 21.9 Å². The first-order valence-electron chi connectivity index (χ1n) is 5.65. The molecule has 0 bridgehead atoms. The first-order chi connectivity index (χ1) is 9.81. The lowest BCUT2D eigenvalue weighted by Crippen LogP contribution is -2.24. The van der Waals surface area contributed by atoms with E-state index >= 15 is 0 Å². The molecule has 1 aromatic carbocycles. The van der Waals surface area contributed by atoms with Crippen LogP contribution in [0.3, 0.4) is 0 Å². The number of rotatable bonds is 4. The summed E-state index contributed by atoms with van der Waals surface area (Å²) in [5, 5.41) is 10.8. The van der Waals surface area contributed by atoms with E-state index in [1.54, 1.807) is 0 Å². The Bertz CT molecular complexity index is 561. The van der Waals surface area contributed by atoms with Crippen molar-refractivity contribution in [1.29, 1.82) is 0 Å². The zero-order chi connectivity index (χ0) is 15.9. The highest BCUT2D eigenvalue weighted by atomic mass is 19.4. The van der Waals surface area contributed by atoms with E-state index in [4.69, 9.17) is 5.11 Å². The third-order valence-electron chi connectivity index (χ3n) is 2.06. The van der Waals surface area contributed by atoms with Gasteiger partial charge in [0.25, 0.3) is 0 Å². The van der Waals surface area contributed by atoms with Gasteiger partial charge in [0.15, 0.2) is 0 Å². The van der Waals surface area contributed by atoms with Gasteiger partial charge >= 0.3 is 6.18 Å². The summed E-state index contributed by atoms with van der Waals surface area (Å²) < 4.78 is 52.8. The number of carbonyl (C=O) groups is 1. The molecule has 114 valence electrons. The van der Waals surface area contributed by atoms with Gasteiger partial charge < -0.3 is 15.2 Å². The highest BCUT2D eigenvalue weighted by Gasteiger charge is 2.27. The summed E-state index contributed by atoms with van der Waals surface area (Å²) in [7, 11) is 0. The molecule has 0 saturated carbocycles. The van der Waals surface area contributed by atoms with Gasteiger partial charge in [-0.1, -0.05) is 11.8 Å². The SMILES string of the molecule is O=C(COCC(F)(F)F)Nc1ccc(F)cc1C#CCO. The molecule has 0 atom stereocenters. The van der Waals surface area contributed by atoms with Crippen molar-refractivity contribution in [2.45, 2.75) is 6.18 Å². The molecule has 0 aliphatic heterocycles. The third-order valence-corrected chi connectivity index (χ3v) is 2.06. The van der Waals surface area contributed by atoms with Crippen LogP contribution in [0.1, 0.15) is 5.56 Å². The number of nitrogens with one attached hydrogen (secondary N) is 1. The fourth-order valence-electron chi connectivity index (χ4n) is 1.31. The molecule has 0 fully saturated rings. The Labute approximate surface area is 117 Å². The van der Waals surface area contributed by atoms with Gasteiger partial charge in [0.05, 0.1) is 11.3 Å². The van der Waals surface area contributed by atoms with Crippen LogP contribution in [0.15, 0.2) is 18.2 Å². The standard InChI is InChI=1S/C13H11F4NO3/c14-10-3-4-11(9(6-10)2-1-5-19)18-12(20)7-21-8-13(15,16)17/h3-4,6,19H,5,7-8H2,(H,18,20). The van der Waals surface area contributed by atoms with Gasteiger partial charge in [0.2, 0.25) is 5.91 Å². The number of ether oxygens (including phenoxy) is 1. The Kier molecular flexibility index (Phi) is 6.14. The van der Waals surface area contributed by atoms with E-state index in [1.165, 1.54) is 6.07 Å². The monoisotopic (exact) mass is 305 g/mol. The fourth-order valence-corrected chi connectivity index (χ4v) is 1.31. The molecule has 0 aliphatic carbocycles. The summed E-state index contributed by atoms with van der Waals surface area (Å²) in [6.07, 6.45) is -4.52. The number of amides is 1. The number of hydrogen-bond donors (Lipinski definition) is 2. The second-order valence-electron chi connectivity index (χ2n) is 3.81. The molecule has 0 saturated heterocycles. The van der Waals surface area contributed by atoms with Crippen molar-refractivity contribution in [1.82, 2.24) is 0 Å². The van der Waals surface area contributed by atoms with Gasteiger partial charge in [-0.3, -0.25) is 4.79 Å². The average molecular weight is 305 g/mol. The maximum atomic E-state index is 13.1. The summed E-state index contributed by atoms with van der Waals surface area (Å²) in [5.41, 5.74) is 0.200. The molecular weight excluding hydrogens is 294 g/mol. The van der Waals surface area contributed by atoms with Crippen molar-refractivity contribution < 1.29 is 32.2 Å². The summed E-state index contributed by atoms with van der Waals surface area (Å²) in [6, 6.07) is 3.28. The number of halogens is 4. The van der Waals surface area contributed by atoms with E-state index in [0.717, 1.165) is 12.1 Å². The Morgan fingerprint density at radius 3 is 2.71 bits per heavy atom. The maximum Gasteiger partial charge on any atom is 0.411 e. The first kappa shape index (κ1) is 16.9. The van der Waals surface area contributed by atoms with E-state index < -0.39 is 37.7 Å². The fraction of sp³-hybridized carbons (Fsp3) is 0.308. The van der Waals surface area contributed by atoms with Crippen LogP contribution in [0.25, 0.3) is 0 Å². The second-order valence-corrected chi connectivity index (χ2v) is 3.81. The Morgan fingerprint density at radius 1 is 1.38 bits per heavy atom. The molecule has 0 aliphatic rings. The van der Waals surface area contributed by atoms with Gasteiger partial charge in [-0.05, 0) is 18.2 Å². The smallest absolute Gasteiger partial charge is 0.384 e. The lowest BCUT2D eigenvalue weighted by molar-refractivity contribution is -0.174. The lowest BCUT2D eigenvalue weighted by Gasteiger charge is -2.09. The largest absolute Gasteiger partial charge is 0.411 e. The lowest BCUT2D eigenvalue weighted by atomic mass is 10.1. The number of hydrogen-bond acceptors (Lipinski definition) is 3. The zero-order valence-corrected chi connectivity index (χ0v) is 10.6. The molecule has 0 heterocycles. The summed E-state index contributed by atoms with van der Waals surface area (Å²) in [6.45, 7) is -2.80. The van der Waals surface area contributed by atoms with Crippen LogP contribution in [0, 0.1) is 17.7 Å². The molecule has 8 heteroatoms. The predicted octanol–water partition coefficient (Wildman–Crippen LogP) is 1.69. The van der Waals surface area contributed by atoms with Crippen molar-refractivity contribution in [2.24, 2.45) is 0 Å². The predicted molar refractivity (Wildman–Crippen MR) is 65.9 cm³/mol. The van der Waals surface area contributed by atoms with Gasteiger partial charge in [-0.15, -0.1) is 0 Å². The van der Waals surface area contributed by atoms with Gasteiger partial charge in [-0.2, -0.15) is 13.2 Å². The molecule has 1 amide bonds. The van der Waals surface area contributed by atoms with Crippen LogP contribution in [0.5, 0.6) is 0 Å². The summed E-state index contributed by atoms with van der Waals surface area (Å²) in [5.74, 6) is 3.25. The molecular formula is C13H11F4NO3. The van der Waals surface area contributed by atoms with Crippen LogP contribution >= 0.6 is 0 Å². The van der Waals surface area contributed by atoms with Crippen molar-refractivity contribution in [2.75, 3.05) is 25.1 Å². The minimum atomic E-state index is -4.52. The normalized spacial score (nSPS) is 10.7. The third kappa shape index (κ3) is 6.74. The number of carbonyl (C=O) groups excluding carboxylic acids is 1. The first-order valence-corrected chi connectivity index (χ1v) is 5.65.